The molecular weight excluding hydrogens is 265 g/mol. The Balaban J connectivity index is 2.09. The van der Waals surface area contributed by atoms with Gasteiger partial charge in [-0.3, -0.25) is 9.79 Å². The van der Waals surface area contributed by atoms with Crippen molar-refractivity contribution >= 4 is 22.8 Å². The molecule has 19 heavy (non-hydrogen) atoms. The van der Waals surface area contributed by atoms with Crippen molar-refractivity contribution in [3.63, 3.8) is 0 Å². The zero-order valence-electron chi connectivity index (χ0n) is 10.2. The number of rotatable bonds is 2. The van der Waals surface area contributed by atoms with E-state index in [1.54, 1.807) is 0 Å². The maximum Gasteiger partial charge on any atom is 0.248 e. The van der Waals surface area contributed by atoms with Crippen LogP contribution in [0.4, 0.5) is 4.39 Å². The summed E-state index contributed by atoms with van der Waals surface area (Å²) >= 11 is 1.50. The van der Waals surface area contributed by atoms with Crippen LogP contribution in [0.25, 0.3) is 0 Å². The van der Waals surface area contributed by atoms with Crippen LogP contribution >= 0.6 is 11.8 Å². The van der Waals surface area contributed by atoms with Crippen LogP contribution < -0.4 is 11.5 Å². The molecule has 1 aliphatic carbocycles. The van der Waals surface area contributed by atoms with E-state index in [2.05, 4.69) is 4.99 Å². The Bertz CT molecular complexity index is 589. The molecule has 1 saturated carbocycles. The average Bonchev–Trinajstić information content (AvgIpc) is 3.03. The second kappa shape index (κ2) is 4.23. The van der Waals surface area contributed by atoms with Crippen LogP contribution in [0, 0.1) is 11.7 Å². The normalized spacial score (nSPS) is 29.1. The Kier molecular flexibility index (Phi) is 2.78. The second-order valence-electron chi connectivity index (χ2n) is 4.97. The fourth-order valence-corrected chi connectivity index (χ4v) is 3.57. The molecule has 0 radical (unpaired) electrons. The lowest BCUT2D eigenvalue weighted by atomic mass is 9.98. The standard InChI is InChI=1S/C13H14FN3OS/c14-10-2-1-7(11(15)18)5-9(10)13-6-8(13)3-4-19-12(16)17-13/h1-2,5,8H,3-4,6H2,(H2,15,18)(H2,16,17). The quantitative estimate of drug-likeness (QED) is 0.862. The maximum absolute atomic E-state index is 14.1. The van der Waals surface area contributed by atoms with Gasteiger partial charge in [-0.25, -0.2) is 4.39 Å². The Hall–Kier alpha value is -1.56. The molecule has 1 amide bonds. The molecule has 1 aromatic carbocycles. The number of aliphatic imine (C=N–C) groups is 1. The summed E-state index contributed by atoms with van der Waals surface area (Å²) in [6.07, 6.45) is 1.74. The predicted octanol–water partition coefficient (Wildman–Crippen LogP) is 1.59. The summed E-state index contributed by atoms with van der Waals surface area (Å²) in [6.45, 7) is 0. The van der Waals surface area contributed by atoms with E-state index >= 15 is 0 Å². The predicted molar refractivity (Wildman–Crippen MR) is 73.4 cm³/mol. The molecule has 1 fully saturated rings. The topological polar surface area (TPSA) is 81.5 Å². The minimum absolute atomic E-state index is 0.304. The Morgan fingerprint density at radius 2 is 2.32 bits per heavy atom. The van der Waals surface area contributed by atoms with Crippen LogP contribution in [0.15, 0.2) is 23.2 Å². The van der Waals surface area contributed by atoms with Gasteiger partial charge in [0.2, 0.25) is 5.91 Å². The van der Waals surface area contributed by atoms with Crippen molar-refractivity contribution in [2.45, 2.75) is 18.4 Å². The van der Waals surface area contributed by atoms with Gasteiger partial charge in [0.15, 0.2) is 5.17 Å². The van der Waals surface area contributed by atoms with Gasteiger partial charge in [-0.15, -0.1) is 0 Å². The second-order valence-corrected chi connectivity index (χ2v) is 6.09. The summed E-state index contributed by atoms with van der Waals surface area (Å²) in [4.78, 5) is 15.7. The molecule has 2 atom stereocenters. The van der Waals surface area contributed by atoms with E-state index in [9.17, 15) is 9.18 Å². The van der Waals surface area contributed by atoms with Gasteiger partial charge in [0, 0.05) is 16.9 Å². The van der Waals surface area contributed by atoms with E-state index < -0.39 is 11.4 Å². The van der Waals surface area contributed by atoms with Gasteiger partial charge < -0.3 is 11.5 Å². The van der Waals surface area contributed by atoms with E-state index in [4.69, 9.17) is 11.5 Å². The number of carbonyl (C=O) groups is 1. The number of fused-ring (bicyclic) bond motifs is 1. The number of carbonyl (C=O) groups excluding carboxylic acids is 1. The van der Waals surface area contributed by atoms with Gasteiger partial charge >= 0.3 is 0 Å². The van der Waals surface area contributed by atoms with Gasteiger partial charge in [0.25, 0.3) is 0 Å². The van der Waals surface area contributed by atoms with Crippen LogP contribution in [0.5, 0.6) is 0 Å². The molecule has 1 aliphatic heterocycles. The first-order valence-electron chi connectivity index (χ1n) is 6.11. The van der Waals surface area contributed by atoms with E-state index in [-0.39, 0.29) is 5.82 Å². The number of amides is 1. The van der Waals surface area contributed by atoms with Crippen LogP contribution in [-0.2, 0) is 5.54 Å². The lowest BCUT2D eigenvalue weighted by Crippen LogP contribution is -2.17. The summed E-state index contributed by atoms with van der Waals surface area (Å²) in [5, 5.41) is 0.490. The molecule has 4 nitrogen and oxygen atoms in total. The average molecular weight is 279 g/mol. The summed E-state index contributed by atoms with van der Waals surface area (Å²) in [7, 11) is 0. The maximum atomic E-state index is 14.1. The molecule has 100 valence electrons. The molecule has 3 rings (SSSR count). The van der Waals surface area contributed by atoms with Gasteiger partial charge in [-0.05, 0) is 37.0 Å². The molecule has 4 N–H and O–H groups in total. The third-order valence-corrected chi connectivity index (χ3v) is 4.64. The first-order valence-corrected chi connectivity index (χ1v) is 7.09. The van der Waals surface area contributed by atoms with Gasteiger partial charge in [0.05, 0.1) is 5.54 Å². The van der Waals surface area contributed by atoms with Crippen molar-refractivity contribution in [1.82, 2.24) is 0 Å². The third kappa shape index (κ3) is 2.00. The lowest BCUT2D eigenvalue weighted by Gasteiger charge is -2.14. The van der Waals surface area contributed by atoms with E-state index in [0.29, 0.717) is 22.2 Å². The molecule has 2 aliphatic rings. The summed E-state index contributed by atoms with van der Waals surface area (Å²) in [5.41, 5.74) is 11.2. The molecule has 0 bridgehead atoms. The summed E-state index contributed by atoms with van der Waals surface area (Å²) in [5.74, 6) is 0.295. The van der Waals surface area contributed by atoms with Crippen molar-refractivity contribution in [2.24, 2.45) is 22.4 Å². The molecule has 2 unspecified atom stereocenters. The monoisotopic (exact) mass is 279 g/mol. The smallest absolute Gasteiger partial charge is 0.248 e. The zero-order chi connectivity index (χ0) is 13.6. The Labute approximate surface area is 114 Å². The van der Waals surface area contributed by atoms with Crippen molar-refractivity contribution in [3.05, 3.63) is 35.1 Å². The number of benzene rings is 1. The molecule has 0 aromatic heterocycles. The number of nitrogens with zero attached hydrogens (tertiary/aromatic N) is 1. The lowest BCUT2D eigenvalue weighted by molar-refractivity contribution is 0.1000. The molecule has 1 aromatic rings. The Morgan fingerprint density at radius 1 is 1.53 bits per heavy atom. The molecule has 0 saturated heterocycles. The number of halogens is 1. The van der Waals surface area contributed by atoms with Crippen molar-refractivity contribution in [1.29, 1.82) is 0 Å². The fourth-order valence-electron chi connectivity index (χ4n) is 2.73. The summed E-state index contributed by atoms with van der Waals surface area (Å²) in [6, 6.07) is 4.20. The minimum Gasteiger partial charge on any atom is -0.379 e. The third-order valence-electron chi connectivity index (χ3n) is 3.82. The van der Waals surface area contributed by atoms with Crippen LogP contribution in [0.3, 0.4) is 0 Å². The SMILES string of the molecule is NC(=O)c1ccc(F)c(C23CC2CCSC(N)=N3)c1. The van der Waals surface area contributed by atoms with Gasteiger partial charge in [0.1, 0.15) is 5.82 Å². The van der Waals surface area contributed by atoms with Crippen LogP contribution in [0.1, 0.15) is 28.8 Å². The number of hydrogen-bond acceptors (Lipinski definition) is 4. The largest absolute Gasteiger partial charge is 0.379 e. The number of amidine groups is 1. The van der Waals surface area contributed by atoms with Crippen LogP contribution in [-0.4, -0.2) is 16.8 Å². The molecular formula is C13H14FN3OS. The highest BCUT2D eigenvalue weighted by Gasteiger charge is 2.57. The molecule has 6 heteroatoms. The first kappa shape index (κ1) is 12.5. The van der Waals surface area contributed by atoms with Crippen molar-refractivity contribution < 1.29 is 9.18 Å². The first-order chi connectivity index (χ1) is 9.03. The van der Waals surface area contributed by atoms with E-state index in [0.717, 1.165) is 18.6 Å². The highest BCUT2D eigenvalue weighted by molar-refractivity contribution is 8.13. The van der Waals surface area contributed by atoms with E-state index in [1.807, 2.05) is 0 Å². The minimum atomic E-state index is -0.580. The number of primary amides is 1. The highest BCUT2D eigenvalue weighted by Crippen LogP contribution is 2.59. The van der Waals surface area contributed by atoms with Gasteiger partial charge in [-0.1, -0.05) is 11.8 Å². The number of thioether (sulfide) groups is 1. The molecule has 1 heterocycles. The highest BCUT2D eigenvalue weighted by atomic mass is 32.2. The number of hydrogen-bond donors (Lipinski definition) is 2. The van der Waals surface area contributed by atoms with Crippen molar-refractivity contribution in [3.8, 4) is 0 Å². The Morgan fingerprint density at radius 3 is 3.05 bits per heavy atom. The van der Waals surface area contributed by atoms with E-state index in [1.165, 1.54) is 30.0 Å². The summed E-state index contributed by atoms with van der Waals surface area (Å²) < 4.78 is 14.1. The van der Waals surface area contributed by atoms with Crippen molar-refractivity contribution in [2.75, 3.05) is 5.75 Å². The molecule has 0 spiro atoms. The zero-order valence-corrected chi connectivity index (χ0v) is 11.0. The fraction of sp³-hybridized carbons (Fsp3) is 0.385. The van der Waals surface area contributed by atoms with Crippen LogP contribution in [0.2, 0.25) is 0 Å². The number of nitrogens with two attached hydrogens (primary N) is 2. The van der Waals surface area contributed by atoms with Gasteiger partial charge in [-0.2, -0.15) is 0 Å².